The van der Waals surface area contributed by atoms with E-state index in [-0.39, 0.29) is 6.04 Å². The molecule has 0 radical (unpaired) electrons. The van der Waals surface area contributed by atoms with E-state index in [9.17, 15) is 5.11 Å². The molecule has 0 aromatic carbocycles. The summed E-state index contributed by atoms with van der Waals surface area (Å²) in [6, 6.07) is 10.4. The van der Waals surface area contributed by atoms with Gasteiger partial charge in [-0.05, 0) is 52.1 Å². The van der Waals surface area contributed by atoms with Crippen molar-refractivity contribution in [2.45, 2.75) is 39.0 Å². The van der Waals surface area contributed by atoms with Crippen molar-refractivity contribution in [1.29, 1.82) is 0 Å². The lowest BCUT2D eigenvalue weighted by Crippen LogP contribution is -2.22. The average Bonchev–Trinajstić information content (AvgIpc) is 2.92. The van der Waals surface area contributed by atoms with E-state index in [0.29, 0.717) is 0 Å². The predicted octanol–water partition coefficient (Wildman–Crippen LogP) is 3.46. The molecule has 2 rings (SSSR count). The zero-order chi connectivity index (χ0) is 16.2. The molecule has 0 fully saturated rings. The summed E-state index contributed by atoms with van der Waals surface area (Å²) >= 11 is 1.67. The Balaban J connectivity index is 2.02. The van der Waals surface area contributed by atoms with Gasteiger partial charge in [0, 0.05) is 23.7 Å². The second kappa shape index (κ2) is 7.06. The molecule has 1 N–H and O–H groups in total. The summed E-state index contributed by atoms with van der Waals surface area (Å²) < 4.78 is 0. The maximum absolute atomic E-state index is 9.65. The van der Waals surface area contributed by atoms with Gasteiger partial charge >= 0.3 is 0 Å². The predicted molar refractivity (Wildman–Crippen MR) is 91.6 cm³/mol. The van der Waals surface area contributed by atoms with Crippen molar-refractivity contribution in [1.82, 2.24) is 9.88 Å². The van der Waals surface area contributed by atoms with Crippen LogP contribution in [0, 0.1) is 11.8 Å². The van der Waals surface area contributed by atoms with Crippen LogP contribution in [0.3, 0.4) is 0 Å². The van der Waals surface area contributed by atoms with Gasteiger partial charge in [-0.3, -0.25) is 9.88 Å². The van der Waals surface area contributed by atoms with Crippen LogP contribution < -0.4 is 0 Å². The van der Waals surface area contributed by atoms with E-state index in [1.807, 2.05) is 24.4 Å². The number of thiophene rings is 1. The Morgan fingerprint density at radius 1 is 1.32 bits per heavy atom. The summed E-state index contributed by atoms with van der Waals surface area (Å²) in [5.41, 5.74) is 0.123. The third kappa shape index (κ3) is 4.96. The monoisotopic (exact) mass is 314 g/mol. The normalized spacial score (nSPS) is 12.8. The average molecular weight is 314 g/mol. The third-order valence-corrected chi connectivity index (χ3v) is 4.32. The van der Waals surface area contributed by atoms with Gasteiger partial charge in [-0.15, -0.1) is 11.3 Å². The SMILES string of the molecule is CC(c1ccccn1)N(C)Cc1ccc(C#CC(C)(C)O)s1. The highest BCUT2D eigenvalue weighted by molar-refractivity contribution is 7.12. The van der Waals surface area contributed by atoms with Crippen molar-refractivity contribution in [3.8, 4) is 11.8 Å². The molecule has 4 heteroatoms. The van der Waals surface area contributed by atoms with E-state index in [1.165, 1.54) is 4.88 Å². The van der Waals surface area contributed by atoms with Gasteiger partial charge in [0.25, 0.3) is 0 Å². The molecule has 0 saturated heterocycles. The molecule has 0 aliphatic carbocycles. The van der Waals surface area contributed by atoms with Crippen LogP contribution >= 0.6 is 11.3 Å². The molecule has 1 atom stereocenters. The minimum Gasteiger partial charge on any atom is -0.378 e. The summed E-state index contributed by atoms with van der Waals surface area (Å²) in [6.45, 7) is 6.39. The fraction of sp³-hybridized carbons (Fsp3) is 0.389. The standard InChI is InChI=1S/C18H22N2OS/c1-14(17-7-5-6-12-19-17)20(4)13-16-9-8-15(22-16)10-11-18(2,3)21/h5-9,12,14,21H,13H2,1-4H3. The number of pyridine rings is 1. The Labute approximate surface area is 136 Å². The van der Waals surface area contributed by atoms with E-state index in [4.69, 9.17) is 0 Å². The Morgan fingerprint density at radius 3 is 2.73 bits per heavy atom. The van der Waals surface area contributed by atoms with Gasteiger partial charge in [0.05, 0.1) is 10.6 Å². The first-order chi connectivity index (χ1) is 10.3. The van der Waals surface area contributed by atoms with Gasteiger partial charge in [0.1, 0.15) is 5.60 Å². The molecule has 0 amide bonds. The molecule has 2 aromatic rings. The van der Waals surface area contributed by atoms with Gasteiger partial charge in [0.2, 0.25) is 0 Å². The summed E-state index contributed by atoms with van der Waals surface area (Å²) in [6.07, 6.45) is 1.83. The Bertz CT molecular complexity index is 662. The van der Waals surface area contributed by atoms with E-state index in [0.717, 1.165) is 17.1 Å². The van der Waals surface area contributed by atoms with Crippen molar-refractivity contribution in [2.24, 2.45) is 0 Å². The molecule has 0 bridgehead atoms. The minimum absolute atomic E-state index is 0.259. The highest BCUT2D eigenvalue weighted by Crippen LogP contribution is 2.22. The summed E-state index contributed by atoms with van der Waals surface area (Å²) in [5, 5.41) is 9.65. The van der Waals surface area contributed by atoms with E-state index >= 15 is 0 Å². The first-order valence-electron chi connectivity index (χ1n) is 7.30. The van der Waals surface area contributed by atoms with Crippen molar-refractivity contribution >= 4 is 11.3 Å². The van der Waals surface area contributed by atoms with Crippen LogP contribution in [-0.4, -0.2) is 27.6 Å². The van der Waals surface area contributed by atoms with Crippen LogP contribution in [0.5, 0.6) is 0 Å². The first kappa shape index (κ1) is 16.7. The molecule has 2 aromatic heterocycles. The molecule has 116 valence electrons. The van der Waals surface area contributed by atoms with Gasteiger partial charge in [-0.2, -0.15) is 0 Å². The zero-order valence-electron chi connectivity index (χ0n) is 13.5. The van der Waals surface area contributed by atoms with E-state index < -0.39 is 5.60 Å². The summed E-state index contributed by atoms with van der Waals surface area (Å²) in [7, 11) is 2.10. The van der Waals surface area contributed by atoms with Crippen LogP contribution in [0.2, 0.25) is 0 Å². The van der Waals surface area contributed by atoms with Gasteiger partial charge in [-0.25, -0.2) is 0 Å². The molecule has 0 spiro atoms. The molecule has 22 heavy (non-hydrogen) atoms. The molecule has 2 heterocycles. The van der Waals surface area contributed by atoms with E-state index in [2.05, 4.69) is 47.8 Å². The Kier molecular flexibility index (Phi) is 5.36. The number of hydrogen-bond donors (Lipinski definition) is 1. The highest BCUT2D eigenvalue weighted by atomic mass is 32.1. The fourth-order valence-electron chi connectivity index (χ4n) is 1.98. The lowest BCUT2D eigenvalue weighted by molar-refractivity contribution is 0.143. The fourth-order valence-corrected chi connectivity index (χ4v) is 2.90. The number of aliphatic hydroxyl groups is 1. The molecular weight excluding hydrogens is 292 g/mol. The van der Waals surface area contributed by atoms with Crippen molar-refractivity contribution in [2.75, 3.05) is 7.05 Å². The smallest absolute Gasteiger partial charge is 0.120 e. The first-order valence-corrected chi connectivity index (χ1v) is 8.12. The summed E-state index contributed by atoms with van der Waals surface area (Å²) in [4.78, 5) is 8.92. The second-order valence-corrected chi connectivity index (χ2v) is 7.09. The van der Waals surface area contributed by atoms with Gasteiger partial charge in [-0.1, -0.05) is 17.9 Å². The second-order valence-electron chi connectivity index (χ2n) is 5.92. The lowest BCUT2D eigenvalue weighted by atomic mass is 10.1. The largest absolute Gasteiger partial charge is 0.378 e. The molecule has 1 unspecified atom stereocenters. The van der Waals surface area contributed by atoms with Crippen LogP contribution in [0.4, 0.5) is 0 Å². The van der Waals surface area contributed by atoms with Crippen molar-refractivity contribution in [3.05, 3.63) is 52.0 Å². The van der Waals surface area contributed by atoms with Crippen LogP contribution in [0.1, 0.15) is 42.3 Å². The van der Waals surface area contributed by atoms with Gasteiger partial charge < -0.3 is 5.11 Å². The third-order valence-electron chi connectivity index (χ3n) is 3.34. The number of nitrogens with zero attached hydrogens (tertiary/aromatic N) is 2. The van der Waals surface area contributed by atoms with Gasteiger partial charge in [0.15, 0.2) is 0 Å². The van der Waals surface area contributed by atoms with Crippen molar-refractivity contribution in [3.63, 3.8) is 0 Å². The topological polar surface area (TPSA) is 36.4 Å². The highest BCUT2D eigenvalue weighted by Gasteiger charge is 2.13. The maximum Gasteiger partial charge on any atom is 0.120 e. The molecular formula is C18H22N2OS. The van der Waals surface area contributed by atoms with Crippen LogP contribution in [0.15, 0.2) is 36.5 Å². The quantitative estimate of drug-likeness (QED) is 0.878. The van der Waals surface area contributed by atoms with Crippen LogP contribution in [-0.2, 0) is 6.54 Å². The van der Waals surface area contributed by atoms with Crippen LogP contribution in [0.25, 0.3) is 0 Å². The summed E-state index contributed by atoms with van der Waals surface area (Å²) in [5.74, 6) is 5.87. The molecule has 3 nitrogen and oxygen atoms in total. The molecule has 0 aliphatic heterocycles. The number of rotatable bonds is 4. The van der Waals surface area contributed by atoms with E-state index in [1.54, 1.807) is 25.2 Å². The minimum atomic E-state index is -0.950. The maximum atomic E-state index is 9.65. The molecule has 0 saturated carbocycles. The van der Waals surface area contributed by atoms with Crippen molar-refractivity contribution < 1.29 is 5.11 Å². The Morgan fingerprint density at radius 2 is 2.09 bits per heavy atom. The zero-order valence-corrected chi connectivity index (χ0v) is 14.3. The molecule has 0 aliphatic rings. The lowest BCUT2D eigenvalue weighted by Gasteiger charge is -2.23. The Hall–Kier alpha value is -1.67. The number of aromatic nitrogens is 1. The number of hydrogen-bond acceptors (Lipinski definition) is 4.